The first kappa shape index (κ1) is 50.8. The lowest BCUT2D eigenvalue weighted by molar-refractivity contribution is -0.199. The molecule has 0 amide bonds. The summed E-state index contributed by atoms with van der Waals surface area (Å²) in [5.41, 5.74) is 8.05. The molecule has 0 aliphatic carbocycles. The normalized spacial score (nSPS) is 12.5. The Hall–Kier alpha value is -7.24. The Bertz CT molecular complexity index is 2480. The Labute approximate surface area is 381 Å². The van der Waals surface area contributed by atoms with Crippen LogP contribution in [-0.2, 0) is 16.0 Å². The minimum atomic E-state index is -4.27. The van der Waals surface area contributed by atoms with Gasteiger partial charge >= 0.3 is 24.3 Å². The molecular formula is C50H45F6NO10. The largest absolute Gasteiger partial charge is 0.494 e. The number of ketones is 2. The average Bonchev–Trinajstić information content (AvgIpc) is 3.29. The summed E-state index contributed by atoms with van der Waals surface area (Å²) in [6.45, 7) is -0.275. The van der Waals surface area contributed by atoms with E-state index < -0.39 is 66.8 Å². The van der Waals surface area contributed by atoms with Crippen molar-refractivity contribution in [3.63, 3.8) is 0 Å². The second-order valence-electron chi connectivity index (χ2n) is 15.2. The molecule has 0 saturated heterocycles. The monoisotopic (exact) mass is 933 g/mol. The molecule has 0 aliphatic heterocycles. The smallest absolute Gasteiger partial charge is 0.389 e. The lowest BCUT2D eigenvalue weighted by Gasteiger charge is -2.28. The van der Waals surface area contributed by atoms with Gasteiger partial charge in [-0.1, -0.05) is 48.6 Å². The van der Waals surface area contributed by atoms with Gasteiger partial charge in [-0.3, -0.25) is 9.59 Å². The van der Waals surface area contributed by atoms with Crippen molar-refractivity contribution in [3.05, 3.63) is 161 Å². The van der Waals surface area contributed by atoms with Crippen molar-refractivity contribution in [2.24, 2.45) is 5.92 Å². The number of carbonyl (C=O) groups excluding carboxylic acids is 4. The number of hydrogen-bond acceptors (Lipinski definition) is 11. The number of benzene rings is 5. The molecule has 1 atom stereocenters. The molecule has 0 spiro atoms. The number of aliphatic hydroxyl groups is 2. The van der Waals surface area contributed by atoms with E-state index >= 15 is 0 Å². The van der Waals surface area contributed by atoms with Crippen LogP contribution in [0.25, 0.3) is 12.2 Å². The van der Waals surface area contributed by atoms with E-state index in [9.17, 15) is 55.7 Å². The van der Waals surface area contributed by atoms with Crippen molar-refractivity contribution in [3.8, 4) is 23.0 Å². The van der Waals surface area contributed by atoms with E-state index in [2.05, 4.69) is 0 Å². The van der Waals surface area contributed by atoms with Crippen LogP contribution in [0, 0.1) is 5.92 Å². The first-order valence-corrected chi connectivity index (χ1v) is 20.7. The Kier molecular flexibility index (Phi) is 17.6. The van der Waals surface area contributed by atoms with Crippen LogP contribution in [0.4, 0.5) is 32.0 Å². The van der Waals surface area contributed by atoms with Gasteiger partial charge < -0.3 is 34.9 Å². The summed E-state index contributed by atoms with van der Waals surface area (Å²) in [6, 6.07) is 29.8. The van der Waals surface area contributed by atoms with Gasteiger partial charge in [-0.05, 0) is 133 Å². The zero-order chi connectivity index (χ0) is 48.6. The quantitative estimate of drug-likeness (QED) is 0.0115. The fraction of sp³-hybridized carbons (Fsp3) is 0.240. The van der Waals surface area contributed by atoms with Crippen molar-refractivity contribution in [2.75, 3.05) is 18.9 Å². The van der Waals surface area contributed by atoms with Crippen LogP contribution in [0.5, 0.6) is 23.0 Å². The van der Waals surface area contributed by atoms with Gasteiger partial charge in [-0.25, -0.2) is 9.59 Å². The van der Waals surface area contributed by atoms with Gasteiger partial charge in [0.05, 0.1) is 24.3 Å². The number of carbonyl (C=O) groups is 4. The van der Waals surface area contributed by atoms with Gasteiger partial charge in [0.25, 0.3) is 0 Å². The highest BCUT2D eigenvalue weighted by molar-refractivity contribution is 6.00. The number of ether oxygens (including phenoxy) is 4. The van der Waals surface area contributed by atoms with Crippen LogP contribution in [0.15, 0.2) is 133 Å². The number of nitrogens with two attached hydrogens (primary N) is 1. The molecule has 0 fully saturated rings. The fourth-order valence-corrected chi connectivity index (χ4v) is 6.22. The molecule has 0 bridgehead atoms. The molecule has 352 valence electrons. The third-order valence-corrected chi connectivity index (χ3v) is 9.84. The van der Waals surface area contributed by atoms with E-state index in [0.29, 0.717) is 33.9 Å². The molecule has 0 heterocycles. The Morgan fingerprint density at radius 3 is 1.37 bits per heavy atom. The van der Waals surface area contributed by atoms with Gasteiger partial charge in [-0.15, -0.1) is 0 Å². The number of esters is 2. The number of halogens is 6. The predicted octanol–water partition coefficient (Wildman–Crippen LogP) is 9.94. The standard InChI is InChI=1S/C50H45F6NO10/c51-48(52,53)27-1-29-64-41-18-22-43(23-19-41)66-46(60)36-11-3-33(4-12-36)9-17-40(58)32-38(31-35-7-15-39(57)16-8-35)50(62,63)45(59)26-10-34-5-13-37(14-6-34)47(61)67-44-24-20-42(21-25-44)65-30-2-28-49(54,55)56/h3-26,38,62-63H,1-2,27-32,57H2/b17-9+,26-10+. The number of nitrogen functional groups attached to an aromatic ring is 1. The number of anilines is 1. The number of alkyl halides is 6. The highest BCUT2D eigenvalue weighted by atomic mass is 19.4. The molecule has 0 aromatic heterocycles. The lowest BCUT2D eigenvalue weighted by Crippen LogP contribution is -2.46. The molecule has 0 radical (unpaired) electrons. The third-order valence-electron chi connectivity index (χ3n) is 9.84. The zero-order valence-electron chi connectivity index (χ0n) is 35.6. The van der Waals surface area contributed by atoms with Crippen LogP contribution in [0.1, 0.15) is 69.5 Å². The minimum absolute atomic E-state index is 0.102. The highest BCUT2D eigenvalue weighted by Crippen LogP contribution is 2.28. The van der Waals surface area contributed by atoms with E-state index in [0.717, 1.165) is 6.08 Å². The topological polar surface area (TPSA) is 172 Å². The Morgan fingerprint density at radius 2 is 0.955 bits per heavy atom. The van der Waals surface area contributed by atoms with Crippen molar-refractivity contribution >= 4 is 41.3 Å². The molecule has 5 rings (SSSR count). The summed E-state index contributed by atoms with van der Waals surface area (Å²) in [7, 11) is 0. The van der Waals surface area contributed by atoms with Gasteiger partial charge in [0.2, 0.25) is 11.6 Å². The van der Waals surface area contributed by atoms with Gasteiger partial charge in [0, 0.05) is 30.9 Å². The molecule has 17 heteroatoms. The first-order valence-electron chi connectivity index (χ1n) is 20.7. The van der Waals surface area contributed by atoms with Crippen LogP contribution < -0.4 is 24.7 Å². The molecule has 5 aromatic carbocycles. The predicted molar refractivity (Wildman–Crippen MR) is 235 cm³/mol. The van der Waals surface area contributed by atoms with E-state index in [1.165, 1.54) is 103 Å². The van der Waals surface area contributed by atoms with Crippen molar-refractivity contribution < 1.29 is 74.7 Å². The van der Waals surface area contributed by atoms with Crippen molar-refractivity contribution in [2.45, 2.75) is 56.7 Å². The molecule has 11 nitrogen and oxygen atoms in total. The summed E-state index contributed by atoms with van der Waals surface area (Å²) < 4.78 is 95.3. The molecule has 5 aromatic rings. The number of rotatable bonds is 22. The molecule has 0 saturated carbocycles. The van der Waals surface area contributed by atoms with Crippen LogP contribution in [0.3, 0.4) is 0 Å². The summed E-state index contributed by atoms with van der Waals surface area (Å²) in [6.07, 6.45) is -6.57. The highest BCUT2D eigenvalue weighted by Gasteiger charge is 2.41. The summed E-state index contributed by atoms with van der Waals surface area (Å²) in [5, 5.41) is 22.5. The second kappa shape index (κ2) is 23.3. The van der Waals surface area contributed by atoms with Gasteiger partial charge in [0.15, 0.2) is 5.78 Å². The van der Waals surface area contributed by atoms with E-state index in [-0.39, 0.29) is 55.1 Å². The molecule has 0 aliphatic rings. The molecule has 1 unspecified atom stereocenters. The van der Waals surface area contributed by atoms with Crippen LogP contribution in [0.2, 0.25) is 0 Å². The Balaban J connectivity index is 1.15. The maximum Gasteiger partial charge on any atom is 0.389 e. The van der Waals surface area contributed by atoms with Gasteiger partial charge in [-0.2, -0.15) is 26.3 Å². The zero-order valence-corrected chi connectivity index (χ0v) is 35.6. The van der Waals surface area contributed by atoms with E-state index in [1.807, 2.05) is 0 Å². The molecular weight excluding hydrogens is 889 g/mol. The lowest BCUT2D eigenvalue weighted by atomic mass is 9.84. The summed E-state index contributed by atoms with van der Waals surface area (Å²) >= 11 is 0. The fourth-order valence-electron chi connectivity index (χ4n) is 6.22. The minimum Gasteiger partial charge on any atom is -0.494 e. The maximum absolute atomic E-state index is 13.4. The number of hydrogen-bond donors (Lipinski definition) is 3. The summed E-state index contributed by atoms with van der Waals surface area (Å²) in [5.74, 6) is -6.50. The average molecular weight is 934 g/mol. The van der Waals surface area contributed by atoms with Crippen LogP contribution in [-0.4, -0.2) is 65.1 Å². The Morgan fingerprint density at radius 1 is 0.552 bits per heavy atom. The van der Waals surface area contributed by atoms with Gasteiger partial charge in [0.1, 0.15) is 23.0 Å². The molecule has 67 heavy (non-hydrogen) atoms. The van der Waals surface area contributed by atoms with E-state index in [4.69, 9.17) is 24.7 Å². The first-order chi connectivity index (χ1) is 31.7. The van der Waals surface area contributed by atoms with Crippen molar-refractivity contribution in [1.29, 1.82) is 0 Å². The molecule has 4 N–H and O–H groups in total. The maximum atomic E-state index is 13.4. The third kappa shape index (κ3) is 17.2. The second-order valence-corrected chi connectivity index (χ2v) is 15.2. The van der Waals surface area contributed by atoms with Crippen molar-refractivity contribution in [1.82, 2.24) is 0 Å². The van der Waals surface area contributed by atoms with E-state index in [1.54, 1.807) is 36.4 Å². The summed E-state index contributed by atoms with van der Waals surface area (Å²) in [4.78, 5) is 52.1. The van der Waals surface area contributed by atoms with Crippen LogP contribution >= 0.6 is 0 Å². The SMILES string of the molecule is Nc1ccc(CC(CC(=O)/C=C/c2ccc(C(=O)Oc3ccc(OCCCC(F)(F)F)cc3)cc2)C(O)(O)C(=O)/C=C/c2ccc(C(=O)Oc3ccc(OCCCC(F)(F)F)cc3)cc2)cc1. The number of allylic oxidation sites excluding steroid dienone is 1.